The van der Waals surface area contributed by atoms with E-state index in [9.17, 15) is 18.0 Å². The van der Waals surface area contributed by atoms with Crippen molar-refractivity contribution in [2.24, 2.45) is 0 Å². The third-order valence-electron chi connectivity index (χ3n) is 3.18. The van der Waals surface area contributed by atoms with Gasteiger partial charge in [0, 0.05) is 6.07 Å². The van der Waals surface area contributed by atoms with Crippen LogP contribution < -0.4 is 10.1 Å². The van der Waals surface area contributed by atoms with Crippen molar-refractivity contribution in [2.45, 2.75) is 6.18 Å². The molecule has 5 nitrogen and oxygen atoms in total. The molecule has 0 aliphatic heterocycles. The number of halogens is 3. The molecule has 0 radical (unpaired) electrons. The van der Waals surface area contributed by atoms with Crippen molar-refractivity contribution in [3.63, 3.8) is 0 Å². The molecule has 1 heterocycles. The second-order valence-electron chi connectivity index (χ2n) is 4.99. The lowest BCUT2D eigenvalue weighted by Gasteiger charge is -2.09. The molecule has 1 aromatic heterocycles. The van der Waals surface area contributed by atoms with E-state index in [1.807, 2.05) is 0 Å². The first-order valence-electron chi connectivity index (χ1n) is 7.20. The minimum absolute atomic E-state index is 0.222. The van der Waals surface area contributed by atoms with Crippen LogP contribution in [0.3, 0.4) is 0 Å². The number of nitrogens with one attached hydrogen (secondary N) is 1. The van der Waals surface area contributed by atoms with Gasteiger partial charge in [0.2, 0.25) is 0 Å². The number of ether oxygens (including phenoxy) is 1. The molecule has 128 valence electrons. The summed E-state index contributed by atoms with van der Waals surface area (Å²) in [5.74, 6) is -0.00403. The number of nitrogens with zero attached hydrogens (tertiary/aromatic N) is 2. The van der Waals surface area contributed by atoms with Crippen LogP contribution in [0.5, 0.6) is 5.75 Å². The lowest BCUT2D eigenvalue weighted by atomic mass is 10.3. The summed E-state index contributed by atoms with van der Waals surface area (Å²) in [4.78, 5) is 11.8. The first-order valence-corrected chi connectivity index (χ1v) is 7.20. The lowest BCUT2D eigenvalue weighted by molar-refractivity contribution is -0.142. The summed E-state index contributed by atoms with van der Waals surface area (Å²) in [6.45, 7) is 0. The fourth-order valence-electron chi connectivity index (χ4n) is 2.14. The van der Waals surface area contributed by atoms with Gasteiger partial charge >= 0.3 is 12.3 Å². The van der Waals surface area contributed by atoms with Crippen LogP contribution in [-0.4, -0.2) is 15.9 Å². The summed E-state index contributed by atoms with van der Waals surface area (Å²) in [5, 5.41) is 6.01. The zero-order chi connectivity index (χ0) is 17.9. The van der Waals surface area contributed by atoms with Crippen LogP contribution in [-0.2, 0) is 6.18 Å². The van der Waals surface area contributed by atoms with E-state index in [1.165, 1.54) is 12.1 Å². The normalized spacial score (nSPS) is 11.2. The van der Waals surface area contributed by atoms with Crippen LogP contribution in [0.1, 0.15) is 5.69 Å². The van der Waals surface area contributed by atoms with Crippen LogP contribution in [0.4, 0.5) is 23.8 Å². The third-order valence-corrected chi connectivity index (χ3v) is 3.18. The molecule has 1 N–H and O–H groups in total. The highest BCUT2D eigenvalue weighted by Gasteiger charge is 2.36. The topological polar surface area (TPSA) is 56.2 Å². The number of amides is 1. The van der Waals surface area contributed by atoms with Crippen molar-refractivity contribution in [1.29, 1.82) is 0 Å². The van der Waals surface area contributed by atoms with E-state index in [1.54, 1.807) is 48.5 Å². The van der Waals surface area contributed by atoms with E-state index in [0.29, 0.717) is 0 Å². The van der Waals surface area contributed by atoms with E-state index >= 15 is 0 Å². The van der Waals surface area contributed by atoms with Gasteiger partial charge < -0.3 is 4.74 Å². The molecule has 0 atom stereocenters. The van der Waals surface area contributed by atoms with Crippen molar-refractivity contribution in [1.82, 2.24) is 9.78 Å². The molecular weight excluding hydrogens is 335 g/mol. The van der Waals surface area contributed by atoms with E-state index in [2.05, 4.69) is 10.4 Å². The van der Waals surface area contributed by atoms with Crippen LogP contribution in [0.15, 0.2) is 66.7 Å². The number of para-hydroxylation sites is 2. The number of rotatable bonds is 3. The Morgan fingerprint density at radius 3 is 2.20 bits per heavy atom. The van der Waals surface area contributed by atoms with Crippen LogP contribution >= 0.6 is 0 Å². The van der Waals surface area contributed by atoms with Gasteiger partial charge in [-0.25, -0.2) is 9.48 Å². The Balaban J connectivity index is 1.85. The number of aromatic nitrogens is 2. The van der Waals surface area contributed by atoms with Crippen molar-refractivity contribution in [2.75, 3.05) is 5.32 Å². The molecule has 3 rings (SSSR count). The first-order chi connectivity index (χ1) is 11.9. The third kappa shape index (κ3) is 3.97. The molecule has 0 saturated carbocycles. The predicted octanol–water partition coefficient (Wildman–Crippen LogP) is 4.50. The molecule has 0 aliphatic rings. The maximum absolute atomic E-state index is 13.2. The first kappa shape index (κ1) is 16.6. The van der Waals surface area contributed by atoms with Crippen LogP contribution in [0.2, 0.25) is 0 Å². The SMILES string of the molecule is O=C(Nc1cc(C(F)(F)F)n(-c2ccccc2)n1)Oc1ccccc1. The minimum Gasteiger partial charge on any atom is -0.410 e. The number of hydrogen-bond acceptors (Lipinski definition) is 3. The number of alkyl halides is 3. The molecule has 25 heavy (non-hydrogen) atoms. The molecule has 0 unspecified atom stereocenters. The van der Waals surface area contributed by atoms with Gasteiger partial charge in [0.25, 0.3) is 0 Å². The molecule has 0 aliphatic carbocycles. The van der Waals surface area contributed by atoms with Gasteiger partial charge in [0.15, 0.2) is 11.5 Å². The Bertz CT molecular complexity index is 862. The van der Waals surface area contributed by atoms with Gasteiger partial charge in [-0.1, -0.05) is 36.4 Å². The summed E-state index contributed by atoms with van der Waals surface area (Å²) in [5.41, 5.74) is -0.784. The Morgan fingerprint density at radius 1 is 1.00 bits per heavy atom. The summed E-state index contributed by atoms with van der Waals surface area (Å²) in [6, 6.07) is 16.7. The molecule has 2 aromatic carbocycles. The smallest absolute Gasteiger partial charge is 0.410 e. The van der Waals surface area contributed by atoms with Crippen molar-refractivity contribution in [3.05, 3.63) is 72.4 Å². The zero-order valence-electron chi connectivity index (χ0n) is 12.7. The van der Waals surface area contributed by atoms with Crippen molar-refractivity contribution < 1.29 is 22.7 Å². The highest BCUT2D eigenvalue weighted by atomic mass is 19.4. The Morgan fingerprint density at radius 2 is 1.60 bits per heavy atom. The fourth-order valence-corrected chi connectivity index (χ4v) is 2.14. The van der Waals surface area contributed by atoms with Gasteiger partial charge in [-0.15, -0.1) is 5.10 Å². The maximum atomic E-state index is 13.2. The standard InChI is InChI=1S/C17H12F3N3O2/c18-17(19,20)14-11-15(22-23(14)12-7-3-1-4-8-12)21-16(24)25-13-9-5-2-6-10-13/h1-11H,(H,21,22,24). The van der Waals surface area contributed by atoms with Crippen molar-refractivity contribution in [3.8, 4) is 11.4 Å². The number of benzene rings is 2. The quantitative estimate of drug-likeness (QED) is 0.759. The highest BCUT2D eigenvalue weighted by molar-refractivity contribution is 5.85. The predicted molar refractivity (Wildman–Crippen MR) is 84.7 cm³/mol. The van der Waals surface area contributed by atoms with Crippen molar-refractivity contribution >= 4 is 11.9 Å². The Labute approximate surface area is 140 Å². The molecule has 1 amide bonds. The van der Waals surface area contributed by atoms with E-state index in [0.717, 1.165) is 10.7 Å². The largest absolute Gasteiger partial charge is 0.433 e. The van der Waals surface area contributed by atoms with Gasteiger partial charge in [0.05, 0.1) is 5.69 Å². The molecular formula is C17H12F3N3O2. The van der Waals surface area contributed by atoms with Gasteiger partial charge in [0.1, 0.15) is 5.75 Å². The second kappa shape index (κ2) is 6.68. The molecule has 0 bridgehead atoms. The number of anilines is 1. The van der Waals surface area contributed by atoms with Gasteiger partial charge in [-0.3, -0.25) is 5.32 Å². The summed E-state index contributed by atoms with van der Waals surface area (Å²) in [7, 11) is 0. The number of carbonyl (C=O) groups is 1. The molecule has 0 saturated heterocycles. The average Bonchev–Trinajstić information content (AvgIpc) is 3.00. The highest BCUT2D eigenvalue weighted by Crippen LogP contribution is 2.32. The average molecular weight is 347 g/mol. The van der Waals surface area contributed by atoms with E-state index in [-0.39, 0.29) is 17.3 Å². The second-order valence-corrected chi connectivity index (χ2v) is 4.99. The number of carbonyl (C=O) groups excluding carboxylic acids is 1. The fraction of sp³-hybridized carbons (Fsp3) is 0.0588. The molecule has 0 spiro atoms. The summed E-state index contributed by atoms with van der Waals surface area (Å²) in [6.07, 6.45) is -5.57. The Hall–Kier alpha value is -3.29. The number of hydrogen-bond donors (Lipinski definition) is 1. The van der Waals surface area contributed by atoms with Gasteiger partial charge in [-0.2, -0.15) is 13.2 Å². The molecule has 8 heteroatoms. The minimum atomic E-state index is -4.63. The summed E-state index contributed by atoms with van der Waals surface area (Å²) < 4.78 is 45.4. The summed E-state index contributed by atoms with van der Waals surface area (Å²) >= 11 is 0. The lowest BCUT2D eigenvalue weighted by Crippen LogP contribution is -2.17. The monoisotopic (exact) mass is 347 g/mol. The maximum Gasteiger partial charge on any atom is 0.433 e. The Kier molecular flexibility index (Phi) is 4.42. The molecule has 0 fully saturated rings. The van der Waals surface area contributed by atoms with E-state index < -0.39 is 18.0 Å². The molecule has 3 aromatic rings. The van der Waals surface area contributed by atoms with Crippen LogP contribution in [0, 0.1) is 0 Å². The van der Waals surface area contributed by atoms with Crippen LogP contribution in [0.25, 0.3) is 5.69 Å². The van der Waals surface area contributed by atoms with E-state index in [4.69, 9.17) is 4.74 Å². The van der Waals surface area contributed by atoms with Gasteiger partial charge in [-0.05, 0) is 24.3 Å². The zero-order valence-corrected chi connectivity index (χ0v) is 12.7.